The van der Waals surface area contributed by atoms with E-state index in [1.165, 1.54) is 38.8 Å². The van der Waals surface area contributed by atoms with Gasteiger partial charge in [0.25, 0.3) is 0 Å². The number of aromatic amines is 1. The van der Waals surface area contributed by atoms with Gasteiger partial charge in [0.2, 0.25) is 10.0 Å². The number of hydrogen-bond acceptors (Lipinski definition) is 6. The molecular formula is C20H18N4O4S. The molecule has 0 amide bonds. The van der Waals surface area contributed by atoms with Gasteiger partial charge in [0, 0.05) is 36.8 Å². The lowest BCUT2D eigenvalue weighted by molar-refractivity contribution is 0.457. The number of fused-ring (bicyclic) bond motifs is 1. The lowest BCUT2D eigenvalue weighted by Gasteiger charge is -2.10. The number of rotatable bonds is 5. The molecule has 0 aliphatic carbocycles. The van der Waals surface area contributed by atoms with Crippen LogP contribution >= 0.6 is 0 Å². The third-order valence-electron chi connectivity index (χ3n) is 4.49. The summed E-state index contributed by atoms with van der Waals surface area (Å²) < 4.78 is 30.8. The molecule has 0 spiro atoms. The highest BCUT2D eigenvalue weighted by Gasteiger charge is 2.16. The molecule has 2 aromatic heterocycles. The van der Waals surface area contributed by atoms with Gasteiger partial charge in [0.15, 0.2) is 18.0 Å². The van der Waals surface area contributed by atoms with Gasteiger partial charge < -0.3 is 14.5 Å². The van der Waals surface area contributed by atoms with Crippen LogP contribution in [-0.4, -0.2) is 48.1 Å². The number of nitrogens with zero attached hydrogens (tertiary/aromatic N) is 3. The Morgan fingerprint density at radius 2 is 1.93 bits per heavy atom. The molecule has 29 heavy (non-hydrogen) atoms. The fourth-order valence-corrected chi connectivity index (χ4v) is 3.80. The number of aromatic hydroxyl groups is 1. The van der Waals surface area contributed by atoms with E-state index in [1.54, 1.807) is 18.3 Å². The summed E-state index contributed by atoms with van der Waals surface area (Å²) in [4.78, 5) is 11.4. The zero-order chi connectivity index (χ0) is 20.6. The fraction of sp³-hybridized carbons (Fsp3) is 0.100. The number of benzene rings is 2. The Hall–Kier alpha value is -3.43. The van der Waals surface area contributed by atoms with E-state index in [4.69, 9.17) is 4.42 Å². The van der Waals surface area contributed by atoms with Gasteiger partial charge in [-0.2, -0.15) is 0 Å². The molecule has 148 valence electrons. The van der Waals surface area contributed by atoms with E-state index in [2.05, 4.69) is 15.0 Å². The predicted octanol–water partition coefficient (Wildman–Crippen LogP) is 3.53. The smallest absolute Gasteiger partial charge is 0.242 e. The van der Waals surface area contributed by atoms with Gasteiger partial charge in [0.05, 0.1) is 22.3 Å². The molecular weight excluding hydrogens is 392 g/mol. The molecule has 0 saturated heterocycles. The lowest BCUT2D eigenvalue weighted by Crippen LogP contribution is -2.21. The van der Waals surface area contributed by atoms with E-state index in [9.17, 15) is 13.5 Å². The van der Waals surface area contributed by atoms with Crippen LogP contribution in [0.5, 0.6) is 5.88 Å². The van der Waals surface area contributed by atoms with Crippen molar-refractivity contribution in [2.75, 3.05) is 14.1 Å². The number of H-pyrrole nitrogens is 1. The zero-order valence-electron chi connectivity index (χ0n) is 15.7. The predicted molar refractivity (Wildman–Crippen MR) is 110 cm³/mol. The third-order valence-corrected chi connectivity index (χ3v) is 6.32. The Balaban J connectivity index is 1.68. The maximum atomic E-state index is 12.1. The molecule has 0 atom stereocenters. The highest BCUT2D eigenvalue weighted by atomic mass is 32.2. The topological polar surface area (TPSA) is 112 Å². The first-order valence-corrected chi connectivity index (χ1v) is 10.1. The van der Waals surface area contributed by atoms with E-state index in [0.717, 1.165) is 20.8 Å². The molecule has 0 aliphatic heterocycles. The Labute approximate surface area is 167 Å². The number of hydrogen-bond donors (Lipinski definition) is 2. The zero-order valence-corrected chi connectivity index (χ0v) is 16.5. The maximum Gasteiger partial charge on any atom is 0.242 e. The Morgan fingerprint density at radius 3 is 2.59 bits per heavy atom. The van der Waals surface area contributed by atoms with E-state index in [0.29, 0.717) is 17.0 Å². The van der Waals surface area contributed by atoms with Crippen molar-refractivity contribution in [1.29, 1.82) is 0 Å². The summed E-state index contributed by atoms with van der Waals surface area (Å²) in [5, 5.41) is 11.0. The summed E-state index contributed by atoms with van der Waals surface area (Å²) in [6, 6.07) is 11.8. The Bertz CT molecular complexity index is 1290. The van der Waals surface area contributed by atoms with Crippen molar-refractivity contribution in [3.8, 4) is 17.2 Å². The van der Waals surface area contributed by atoms with Crippen LogP contribution in [0.2, 0.25) is 0 Å². The van der Waals surface area contributed by atoms with E-state index < -0.39 is 10.0 Å². The van der Waals surface area contributed by atoms with Crippen molar-refractivity contribution in [2.24, 2.45) is 4.99 Å². The molecule has 2 N–H and O–H groups in total. The monoisotopic (exact) mass is 410 g/mol. The standard InChI is InChI=1S/C20H18N4O4S/c1-24(2)29(26,27)15-6-4-14(5-7-15)22-10-17-16-9-13(19-11-21-12-28-19)3-8-18(16)23-20(17)25/h3-12,23,25H,1-2H3. The van der Waals surface area contributed by atoms with Crippen LogP contribution in [0.1, 0.15) is 5.56 Å². The van der Waals surface area contributed by atoms with Gasteiger partial charge in [-0.1, -0.05) is 0 Å². The molecule has 0 radical (unpaired) electrons. The van der Waals surface area contributed by atoms with Crippen LogP contribution in [0.15, 0.2) is 69.4 Å². The largest absolute Gasteiger partial charge is 0.494 e. The first kappa shape index (κ1) is 18.9. The second-order valence-corrected chi connectivity index (χ2v) is 8.70. The molecule has 2 heterocycles. The molecule has 4 aromatic rings. The summed E-state index contributed by atoms with van der Waals surface area (Å²) in [5.74, 6) is 0.610. The summed E-state index contributed by atoms with van der Waals surface area (Å²) in [5.41, 5.74) is 2.65. The van der Waals surface area contributed by atoms with Crippen molar-refractivity contribution in [3.63, 3.8) is 0 Å². The van der Waals surface area contributed by atoms with Gasteiger partial charge in [-0.15, -0.1) is 0 Å². The van der Waals surface area contributed by atoms with Crippen molar-refractivity contribution in [3.05, 3.63) is 60.6 Å². The van der Waals surface area contributed by atoms with E-state index >= 15 is 0 Å². The second-order valence-electron chi connectivity index (χ2n) is 6.55. The molecule has 0 fully saturated rings. The van der Waals surface area contributed by atoms with Crippen LogP contribution < -0.4 is 0 Å². The molecule has 9 heteroatoms. The number of sulfonamides is 1. The quantitative estimate of drug-likeness (QED) is 0.489. The van der Waals surface area contributed by atoms with Gasteiger partial charge in [-0.05, 0) is 42.5 Å². The van der Waals surface area contributed by atoms with Crippen molar-refractivity contribution < 1.29 is 17.9 Å². The van der Waals surface area contributed by atoms with Gasteiger partial charge in [-0.25, -0.2) is 17.7 Å². The van der Waals surface area contributed by atoms with Crippen LogP contribution in [0.3, 0.4) is 0 Å². The molecule has 0 saturated carbocycles. The van der Waals surface area contributed by atoms with Crippen molar-refractivity contribution in [2.45, 2.75) is 4.90 Å². The number of aliphatic imine (C=N–C) groups is 1. The van der Waals surface area contributed by atoms with Crippen LogP contribution in [0.25, 0.3) is 22.2 Å². The SMILES string of the molecule is CN(C)S(=O)(=O)c1ccc(N=Cc2c(O)[nH]c3ccc(-c4cnco4)cc23)cc1. The highest BCUT2D eigenvalue weighted by molar-refractivity contribution is 7.89. The highest BCUT2D eigenvalue weighted by Crippen LogP contribution is 2.30. The van der Waals surface area contributed by atoms with Crippen LogP contribution in [-0.2, 0) is 10.0 Å². The van der Waals surface area contributed by atoms with Gasteiger partial charge in [0.1, 0.15) is 0 Å². The number of nitrogens with one attached hydrogen (secondary N) is 1. The average molecular weight is 410 g/mol. The molecule has 2 aromatic carbocycles. The summed E-state index contributed by atoms with van der Waals surface area (Å²) in [7, 11) is -0.530. The minimum Gasteiger partial charge on any atom is -0.494 e. The average Bonchev–Trinajstić information content (AvgIpc) is 3.33. The van der Waals surface area contributed by atoms with E-state index in [1.807, 2.05) is 18.2 Å². The van der Waals surface area contributed by atoms with E-state index in [-0.39, 0.29) is 10.8 Å². The second kappa shape index (κ2) is 7.19. The van der Waals surface area contributed by atoms with Crippen molar-refractivity contribution >= 4 is 32.8 Å². The minimum atomic E-state index is -3.49. The van der Waals surface area contributed by atoms with Gasteiger partial charge in [-0.3, -0.25) is 4.99 Å². The Morgan fingerprint density at radius 1 is 1.17 bits per heavy atom. The summed E-state index contributed by atoms with van der Waals surface area (Å²) >= 11 is 0. The Kier molecular flexibility index (Phi) is 4.69. The lowest BCUT2D eigenvalue weighted by atomic mass is 10.1. The molecule has 0 unspecified atom stereocenters. The minimum absolute atomic E-state index is 0.00900. The molecule has 4 rings (SSSR count). The number of oxazole rings is 1. The molecule has 8 nitrogen and oxygen atoms in total. The summed E-state index contributed by atoms with van der Waals surface area (Å²) in [6.45, 7) is 0. The normalized spacial score (nSPS) is 12.4. The molecule has 0 aliphatic rings. The number of aromatic nitrogens is 2. The van der Waals surface area contributed by atoms with Crippen LogP contribution in [0.4, 0.5) is 5.69 Å². The third kappa shape index (κ3) is 3.53. The van der Waals surface area contributed by atoms with Crippen LogP contribution in [0, 0.1) is 0 Å². The maximum absolute atomic E-state index is 12.1. The first-order chi connectivity index (χ1) is 13.9. The van der Waals surface area contributed by atoms with Crippen molar-refractivity contribution in [1.82, 2.24) is 14.3 Å². The molecule has 0 bridgehead atoms. The van der Waals surface area contributed by atoms with Gasteiger partial charge >= 0.3 is 0 Å². The first-order valence-electron chi connectivity index (χ1n) is 8.66. The fourth-order valence-electron chi connectivity index (χ4n) is 2.89. The summed E-state index contributed by atoms with van der Waals surface area (Å²) in [6.07, 6.45) is 4.51.